The van der Waals surface area contributed by atoms with E-state index in [1.54, 1.807) is 6.07 Å². The molecule has 2 nitrogen and oxygen atoms in total. The van der Waals surface area contributed by atoms with E-state index in [9.17, 15) is 5.11 Å². The van der Waals surface area contributed by atoms with Crippen molar-refractivity contribution in [2.75, 3.05) is 6.61 Å². The van der Waals surface area contributed by atoms with Crippen LogP contribution in [-0.2, 0) is 12.8 Å². The average molecular weight is 323 g/mol. The van der Waals surface area contributed by atoms with Crippen LogP contribution in [0, 0.1) is 5.92 Å². The van der Waals surface area contributed by atoms with Gasteiger partial charge in [0.05, 0.1) is 22.8 Å². The van der Waals surface area contributed by atoms with E-state index in [-0.39, 0.29) is 5.92 Å². The summed E-state index contributed by atoms with van der Waals surface area (Å²) in [5.41, 5.74) is 2.01. The Morgan fingerprint density at radius 3 is 2.81 bits per heavy atom. The molecule has 0 aliphatic carbocycles. The standard InChI is InChI=1S/C17H16Cl2O2/c18-14-6-3-5-12(17(14)19)9-15(20)13-8-11-4-1-2-7-16(11)21-10-13/h1-7,13,15,20H,8-10H2. The van der Waals surface area contributed by atoms with Crippen LogP contribution < -0.4 is 4.74 Å². The molecule has 3 rings (SSSR count). The van der Waals surface area contributed by atoms with Gasteiger partial charge >= 0.3 is 0 Å². The maximum atomic E-state index is 10.5. The van der Waals surface area contributed by atoms with Crippen LogP contribution in [0.15, 0.2) is 42.5 Å². The summed E-state index contributed by atoms with van der Waals surface area (Å²) >= 11 is 12.2. The highest BCUT2D eigenvalue weighted by Crippen LogP contribution is 2.31. The number of rotatable bonds is 3. The summed E-state index contributed by atoms with van der Waals surface area (Å²) in [5.74, 6) is 0.983. The lowest BCUT2D eigenvalue weighted by molar-refractivity contribution is 0.0653. The number of hydrogen-bond donors (Lipinski definition) is 1. The molecule has 1 aliphatic rings. The third kappa shape index (κ3) is 3.18. The SMILES string of the molecule is OC(Cc1cccc(Cl)c1Cl)C1COc2ccccc2C1. The van der Waals surface area contributed by atoms with Crippen molar-refractivity contribution in [1.82, 2.24) is 0 Å². The summed E-state index contributed by atoms with van der Waals surface area (Å²) in [6, 6.07) is 13.5. The minimum atomic E-state index is -0.505. The van der Waals surface area contributed by atoms with Gasteiger partial charge in [-0.05, 0) is 29.7 Å². The van der Waals surface area contributed by atoms with Crippen LogP contribution in [-0.4, -0.2) is 17.8 Å². The number of fused-ring (bicyclic) bond motifs is 1. The maximum Gasteiger partial charge on any atom is 0.122 e. The predicted molar refractivity (Wildman–Crippen MR) is 85.3 cm³/mol. The van der Waals surface area contributed by atoms with Gasteiger partial charge in [0.2, 0.25) is 0 Å². The van der Waals surface area contributed by atoms with Crippen molar-refractivity contribution in [3.05, 3.63) is 63.6 Å². The van der Waals surface area contributed by atoms with Crippen molar-refractivity contribution >= 4 is 23.2 Å². The van der Waals surface area contributed by atoms with E-state index in [2.05, 4.69) is 0 Å². The van der Waals surface area contributed by atoms with Gasteiger partial charge in [-0.1, -0.05) is 53.5 Å². The van der Waals surface area contributed by atoms with E-state index in [0.717, 1.165) is 23.3 Å². The molecule has 4 heteroatoms. The summed E-state index contributed by atoms with van der Waals surface area (Å²) in [4.78, 5) is 0. The summed E-state index contributed by atoms with van der Waals surface area (Å²) < 4.78 is 5.73. The molecule has 2 atom stereocenters. The van der Waals surface area contributed by atoms with Crippen LogP contribution in [0.2, 0.25) is 10.0 Å². The van der Waals surface area contributed by atoms with Gasteiger partial charge < -0.3 is 9.84 Å². The number of hydrogen-bond acceptors (Lipinski definition) is 2. The molecule has 2 unspecified atom stereocenters. The summed E-state index contributed by atoms with van der Waals surface area (Å²) in [5, 5.41) is 11.5. The molecular weight excluding hydrogens is 307 g/mol. The monoisotopic (exact) mass is 322 g/mol. The Balaban J connectivity index is 1.72. The highest BCUT2D eigenvalue weighted by atomic mass is 35.5. The van der Waals surface area contributed by atoms with Gasteiger partial charge in [-0.25, -0.2) is 0 Å². The molecule has 0 saturated heterocycles. The molecule has 2 aromatic carbocycles. The zero-order valence-corrected chi connectivity index (χ0v) is 12.9. The highest BCUT2D eigenvalue weighted by Gasteiger charge is 2.26. The van der Waals surface area contributed by atoms with Crippen LogP contribution in [0.1, 0.15) is 11.1 Å². The third-order valence-electron chi connectivity index (χ3n) is 3.91. The van der Waals surface area contributed by atoms with Crippen LogP contribution in [0.3, 0.4) is 0 Å². The van der Waals surface area contributed by atoms with Gasteiger partial charge in [0, 0.05) is 12.3 Å². The molecule has 110 valence electrons. The fourth-order valence-corrected chi connectivity index (χ4v) is 3.09. The van der Waals surface area contributed by atoms with Crippen molar-refractivity contribution in [3.8, 4) is 5.75 Å². The molecule has 21 heavy (non-hydrogen) atoms. The second-order valence-electron chi connectivity index (χ2n) is 5.37. The number of aliphatic hydroxyl groups is 1. The van der Waals surface area contributed by atoms with E-state index in [1.807, 2.05) is 36.4 Å². The molecule has 0 amide bonds. The summed E-state index contributed by atoms with van der Waals surface area (Å²) in [6.45, 7) is 0.524. The van der Waals surface area contributed by atoms with Crippen LogP contribution in [0.5, 0.6) is 5.75 Å². The lowest BCUT2D eigenvalue weighted by Gasteiger charge is -2.29. The van der Waals surface area contributed by atoms with Crippen molar-refractivity contribution in [2.45, 2.75) is 18.9 Å². The average Bonchev–Trinajstić information content (AvgIpc) is 2.51. The summed E-state index contributed by atoms with van der Waals surface area (Å²) in [7, 11) is 0. The molecule has 0 saturated carbocycles. The van der Waals surface area contributed by atoms with Crippen LogP contribution in [0.25, 0.3) is 0 Å². The zero-order chi connectivity index (χ0) is 14.8. The fourth-order valence-electron chi connectivity index (χ4n) is 2.70. The van der Waals surface area contributed by atoms with Crippen molar-refractivity contribution in [2.24, 2.45) is 5.92 Å². The lowest BCUT2D eigenvalue weighted by atomic mass is 9.89. The van der Waals surface area contributed by atoms with E-state index < -0.39 is 6.10 Å². The van der Waals surface area contributed by atoms with Gasteiger partial charge in [-0.3, -0.25) is 0 Å². The number of ether oxygens (including phenoxy) is 1. The lowest BCUT2D eigenvalue weighted by Crippen LogP contribution is -2.33. The Bertz CT molecular complexity index is 642. The molecule has 0 radical (unpaired) electrons. The van der Waals surface area contributed by atoms with Crippen molar-refractivity contribution < 1.29 is 9.84 Å². The quantitative estimate of drug-likeness (QED) is 0.919. The van der Waals surface area contributed by atoms with E-state index in [0.29, 0.717) is 23.1 Å². The minimum Gasteiger partial charge on any atom is -0.493 e. The number of halogens is 2. The first-order chi connectivity index (χ1) is 10.1. The fraction of sp³-hybridized carbons (Fsp3) is 0.294. The molecule has 0 fully saturated rings. The van der Waals surface area contributed by atoms with Crippen LogP contribution in [0.4, 0.5) is 0 Å². The Labute approximate surface area is 134 Å². The molecule has 0 aromatic heterocycles. The van der Waals surface area contributed by atoms with Crippen molar-refractivity contribution in [1.29, 1.82) is 0 Å². The Hall–Kier alpha value is -1.22. The van der Waals surface area contributed by atoms with Gasteiger partial charge in [0.1, 0.15) is 5.75 Å². The smallest absolute Gasteiger partial charge is 0.122 e. The second kappa shape index (κ2) is 6.27. The van der Waals surface area contributed by atoms with E-state index in [1.165, 1.54) is 0 Å². The van der Waals surface area contributed by atoms with Gasteiger partial charge in [0.25, 0.3) is 0 Å². The number of para-hydroxylation sites is 1. The Morgan fingerprint density at radius 2 is 1.95 bits per heavy atom. The van der Waals surface area contributed by atoms with Gasteiger partial charge in [0.15, 0.2) is 0 Å². The number of benzene rings is 2. The van der Waals surface area contributed by atoms with Crippen molar-refractivity contribution in [3.63, 3.8) is 0 Å². The Kier molecular flexibility index (Phi) is 4.39. The number of aliphatic hydroxyl groups excluding tert-OH is 1. The molecule has 1 N–H and O–H groups in total. The largest absolute Gasteiger partial charge is 0.493 e. The molecule has 0 spiro atoms. The zero-order valence-electron chi connectivity index (χ0n) is 11.4. The van der Waals surface area contributed by atoms with E-state index in [4.69, 9.17) is 27.9 Å². The maximum absolute atomic E-state index is 10.5. The molecule has 1 aliphatic heterocycles. The highest BCUT2D eigenvalue weighted by molar-refractivity contribution is 6.42. The molecule has 1 heterocycles. The molecule has 2 aromatic rings. The first-order valence-electron chi connectivity index (χ1n) is 6.97. The van der Waals surface area contributed by atoms with Crippen LogP contribution >= 0.6 is 23.2 Å². The Morgan fingerprint density at radius 1 is 1.14 bits per heavy atom. The molecular formula is C17H16Cl2O2. The molecule has 0 bridgehead atoms. The topological polar surface area (TPSA) is 29.5 Å². The van der Waals surface area contributed by atoms with E-state index >= 15 is 0 Å². The van der Waals surface area contributed by atoms with Gasteiger partial charge in [-0.15, -0.1) is 0 Å². The first-order valence-corrected chi connectivity index (χ1v) is 7.72. The third-order valence-corrected chi connectivity index (χ3v) is 4.77. The first kappa shape index (κ1) is 14.7. The summed E-state index contributed by atoms with van der Waals surface area (Å²) in [6.07, 6.45) is 0.791. The predicted octanol–water partition coefficient (Wildman–Crippen LogP) is 4.15. The van der Waals surface area contributed by atoms with Gasteiger partial charge in [-0.2, -0.15) is 0 Å². The normalized spacial score (nSPS) is 18.7. The minimum absolute atomic E-state index is 0.0648. The second-order valence-corrected chi connectivity index (χ2v) is 6.15.